The minimum atomic E-state index is -0.764. The maximum absolute atomic E-state index is 10.7. The summed E-state index contributed by atoms with van der Waals surface area (Å²) in [5, 5.41) is 8.81. The van der Waals surface area contributed by atoms with Crippen LogP contribution in [0.3, 0.4) is 0 Å². The first-order valence-electron chi connectivity index (χ1n) is 5.34. The molecule has 0 unspecified atom stereocenters. The number of hydrogen-bond donors (Lipinski definition) is 1. The van der Waals surface area contributed by atoms with Crippen molar-refractivity contribution in [3.63, 3.8) is 0 Å². The molecule has 0 spiro atoms. The van der Waals surface area contributed by atoms with Crippen molar-refractivity contribution >= 4 is 5.97 Å². The molecule has 0 saturated carbocycles. The Morgan fingerprint density at radius 2 is 2.20 bits per heavy atom. The highest BCUT2D eigenvalue weighted by molar-refractivity contribution is 5.67. The highest BCUT2D eigenvalue weighted by Gasteiger charge is 2.18. The van der Waals surface area contributed by atoms with Crippen LogP contribution in [0.1, 0.15) is 44.8 Å². The highest BCUT2D eigenvalue weighted by Crippen LogP contribution is 2.26. The molecule has 1 N–H and O–H groups in total. The van der Waals surface area contributed by atoms with Gasteiger partial charge in [-0.05, 0) is 24.5 Å². The van der Waals surface area contributed by atoms with E-state index in [2.05, 4.69) is 13.8 Å². The SMILES string of the molecule is CC(C)CC[C@@H](CC(=O)O)c1ccco1. The largest absolute Gasteiger partial charge is 0.481 e. The lowest BCUT2D eigenvalue weighted by molar-refractivity contribution is -0.137. The smallest absolute Gasteiger partial charge is 0.304 e. The summed E-state index contributed by atoms with van der Waals surface area (Å²) in [6.45, 7) is 4.28. The Labute approximate surface area is 90.1 Å². The lowest BCUT2D eigenvalue weighted by Crippen LogP contribution is -2.06. The monoisotopic (exact) mass is 210 g/mol. The van der Waals surface area contributed by atoms with Crippen molar-refractivity contribution in [1.29, 1.82) is 0 Å². The molecule has 1 heterocycles. The standard InChI is InChI=1S/C12H18O3/c1-9(2)5-6-10(8-12(13)14)11-4-3-7-15-11/h3-4,7,9-10H,5-6,8H2,1-2H3,(H,13,14)/t10-/m0/s1. The van der Waals surface area contributed by atoms with Gasteiger partial charge < -0.3 is 9.52 Å². The van der Waals surface area contributed by atoms with Gasteiger partial charge >= 0.3 is 5.97 Å². The molecule has 0 radical (unpaired) electrons. The third-order valence-electron chi connectivity index (χ3n) is 2.46. The van der Waals surface area contributed by atoms with Crippen LogP contribution in [0.15, 0.2) is 22.8 Å². The maximum atomic E-state index is 10.7. The summed E-state index contributed by atoms with van der Waals surface area (Å²) < 4.78 is 5.27. The molecular weight excluding hydrogens is 192 g/mol. The number of hydrogen-bond acceptors (Lipinski definition) is 2. The fourth-order valence-corrected chi connectivity index (χ4v) is 1.61. The molecule has 1 aromatic heterocycles. The summed E-state index contributed by atoms with van der Waals surface area (Å²) in [5.74, 6) is 0.634. The van der Waals surface area contributed by atoms with E-state index in [0.717, 1.165) is 18.6 Å². The molecule has 15 heavy (non-hydrogen) atoms. The van der Waals surface area contributed by atoms with Gasteiger partial charge in [-0.3, -0.25) is 4.79 Å². The lowest BCUT2D eigenvalue weighted by atomic mass is 9.93. The molecule has 1 aromatic rings. The molecule has 0 bridgehead atoms. The second-order valence-electron chi connectivity index (χ2n) is 4.28. The molecule has 0 aromatic carbocycles. The fraction of sp³-hybridized carbons (Fsp3) is 0.583. The van der Waals surface area contributed by atoms with E-state index in [1.54, 1.807) is 12.3 Å². The molecule has 84 valence electrons. The Hall–Kier alpha value is -1.25. The van der Waals surface area contributed by atoms with E-state index in [9.17, 15) is 4.79 Å². The normalized spacial score (nSPS) is 13.0. The van der Waals surface area contributed by atoms with Gasteiger partial charge in [-0.25, -0.2) is 0 Å². The van der Waals surface area contributed by atoms with E-state index in [-0.39, 0.29) is 12.3 Å². The van der Waals surface area contributed by atoms with Gasteiger partial charge in [-0.2, -0.15) is 0 Å². The van der Waals surface area contributed by atoms with Gasteiger partial charge in [0.1, 0.15) is 5.76 Å². The quantitative estimate of drug-likeness (QED) is 0.783. The summed E-state index contributed by atoms with van der Waals surface area (Å²) in [6, 6.07) is 3.66. The topological polar surface area (TPSA) is 50.4 Å². The van der Waals surface area contributed by atoms with Crippen molar-refractivity contribution in [2.45, 2.75) is 39.0 Å². The van der Waals surface area contributed by atoms with E-state index in [4.69, 9.17) is 9.52 Å². The second kappa shape index (κ2) is 5.59. The Kier molecular flexibility index (Phi) is 4.40. The predicted octanol–water partition coefficient (Wildman–Crippen LogP) is 3.27. The van der Waals surface area contributed by atoms with Gasteiger partial charge in [0.15, 0.2) is 0 Å². The summed E-state index contributed by atoms with van der Waals surface area (Å²) in [6.07, 6.45) is 3.65. The summed E-state index contributed by atoms with van der Waals surface area (Å²) >= 11 is 0. The van der Waals surface area contributed by atoms with Crippen LogP contribution in [0.4, 0.5) is 0 Å². The van der Waals surface area contributed by atoms with Crippen molar-refractivity contribution in [2.75, 3.05) is 0 Å². The van der Waals surface area contributed by atoms with Crippen LogP contribution >= 0.6 is 0 Å². The van der Waals surface area contributed by atoms with Gasteiger partial charge in [0.05, 0.1) is 12.7 Å². The molecule has 3 nitrogen and oxygen atoms in total. The average molecular weight is 210 g/mol. The first-order valence-corrected chi connectivity index (χ1v) is 5.34. The summed E-state index contributed by atoms with van der Waals surface area (Å²) in [7, 11) is 0. The van der Waals surface area contributed by atoms with Crippen LogP contribution in [-0.4, -0.2) is 11.1 Å². The zero-order valence-corrected chi connectivity index (χ0v) is 9.27. The van der Waals surface area contributed by atoms with Crippen LogP contribution < -0.4 is 0 Å². The summed E-state index contributed by atoms with van der Waals surface area (Å²) in [4.78, 5) is 10.7. The molecular formula is C12H18O3. The van der Waals surface area contributed by atoms with Crippen molar-refractivity contribution in [1.82, 2.24) is 0 Å². The van der Waals surface area contributed by atoms with Gasteiger partial charge in [-0.1, -0.05) is 20.3 Å². The minimum absolute atomic E-state index is 0.0138. The summed E-state index contributed by atoms with van der Waals surface area (Å²) in [5.41, 5.74) is 0. The van der Waals surface area contributed by atoms with Crippen molar-refractivity contribution in [3.8, 4) is 0 Å². The molecule has 0 aliphatic rings. The van der Waals surface area contributed by atoms with E-state index < -0.39 is 5.97 Å². The number of furan rings is 1. The molecule has 0 aliphatic carbocycles. The van der Waals surface area contributed by atoms with Crippen LogP contribution in [0.2, 0.25) is 0 Å². The zero-order valence-electron chi connectivity index (χ0n) is 9.27. The van der Waals surface area contributed by atoms with E-state index in [1.165, 1.54) is 0 Å². The number of carboxylic acids is 1. The Morgan fingerprint density at radius 1 is 1.47 bits per heavy atom. The van der Waals surface area contributed by atoms with Crippen LogP contribution in [0.5, 0.6) is 0 Å². The van der Waals surface area contributed by atoms with Gasteiger partial charge in [0, 0.05) is 5.92 Å². The molecule has 1 atom stereocenters. The number of carboxylic acid groups (broad SMARTS) is 1. The highest BCUT2D eigenvalue weighted by atomic mass is 16.4. The van der Waals surface area contributed by atoms with E-state index in [0.29, 0.717) is 5.92 Å². The molecule has 3 heteroatoms. The minimum Gasteiger partial charge on any atom is -0.481 e. The Morgan fingerprint density at radius 3 is 2.67 bits per heavy atom. The van der Waals surface area contributed by atoms with Gasteiger partial charge in [0.2, 0.25) is 0 Å². The Balaban J connectivity index is 2.57. The number of aliphatic carboxylic acids is 1. The van der Waals surface area contributed by atoms with Crippen molar-refractivity contribution < 1.29 is 14.3 Å². The van der Waals surface area contributed by atoms with E-state index >= 15 is 0 Å². The third-order valence-corrected chi connectivity index (χ3v) is 2.46. The molecule has 1 rings (SSSR count). The van der Waals surface area contributed by atoms with E-state index in [1.807, 2.05) is 6.07 Å². The first kappa shape index (κ1) is 11.8. The molecule has 0 saturated heterocycles. The van der Waals surface area contributed by atoms with Crippen molar-refractivity contribution in [3.05, 3.63) is 24.2 Å². The fourth-order valence-electron chi connectivity index (χ4n) is 1.61. The molecule has 0 amide bonds. The van der Waals surface area contributed by atoms with Gasteiger partial charge in [-0.15, -0.1) is 0 Å². The predicted molar refractivity (Wildman–Crippen MR) is 57.8 cm³/mol. The lowest BCUT2D eigenvalue weighted by Gasteiger charge is -2.13. The molecule has 0 aliphatic heterocycles. The van der Waals surface area contributed by atoms with Crippen LogP contribution in [0, 0.1) is 5.92 Å². The number of rotatable bonds is 6. The third kappa shape index (κ3) is 4.19. The number of carbonyl (C=O) groups is 1. The average Bonchev–Trinajstić information content (AvgIpc) is 2.63. The maximum Gasteiger partial charge on any atom is 0.304 e. The Bertz CT molecular complexity index is 288. The molecule has 0 fully saturated rings. The zero-order chi connectivity index (χ0) is 11.3. The van der Waals surface area contributed by atoms with Crippen molar-refractivity contribution in [2.24, 2.45) is 5.92 Å². The second-order valence-corrected chi connectivity index (χ2v) is 4.28. The first-order chi connectivity index (χ1) is 7.09. The van der Waals surface area contributed by atoms with Crippen LogP contribution in [0.25, 0.3) is 0 Å². The van der Waals surface area contributed by atoms with Crippen LogP contribution in [-0.2, 0) is 4.79 Å². The van der Waals surface area contributed by atoms with Gasteiger partial charge in [0.25, 0.3) is 0 Å².